The van der Waals surface area contributed by atoms with Gasteiger partial charge in [0.05, 0.1) is 6.61 Å². The highest BCUT2D eigenvalue weighted by atomic mass is 35.5. The molecule has 0 aliphatic carbocycles. The number of hydrogen-bond acceptors (Lipinski definition) is 3. The third-order valence-electron chi connectivity index (χ3n) is 3.48. The van der Waals surface area contributed by atoms with Crippen molar-refractivity contribution in [2.75, 3.05) is 13.2 Å². The first-order valence-corrected chi connectivity index (χ1v) is 8.40. The van der Waals surface area contributed by atoms with Gasteiger partial charge in [-0.2, -0.15) is 0 Å². The molecule has 0 fully saturated rings. The lowest BCUT2D eigenvalue weighted by atomic mass is 10.1. The minimum absolute atomic E-state index is 0.0802. The third-order valence-corrected chi connectivity index (χ3v) is 3.91. The van der Waals surface area contributed by atoms with E-state index in [0.717, 1.165) is 5.56 Å². The molecule has 24 heavy (non-hydrogen) atoms. The number of nitrogens with zero attached hydrogens (tertiary/aromatic N) is 1. The highest BCUT2D eigenvalue weighted by Gasteiger charge is 2.16. The summed E-state index contributed by atoms with van der Waals surface area (Å²) in [5.41, 5.74) is 1.30. The first kappa shape index (κ1) is 18.4. The molecule has 0 unspecified atom stereocenters. The van der Waals surface area contributed by atoms with Crippen molar-refractivity contribution >= 4 is 29.1 Å². The smallest absolute Gasteiger partial charge is 0.254 e. The van der Waals surface area contributed by atoms with Gasteiger partial charge in [-0.1, -0.05) is 29.3 Å². The fourth-order valence-electron chi connectivity index (χ4n) is 2.34. The zero-order chi connectivity index (χ0) is 17.7. The predicted molar refractivity (Wildman–Crippen MR) is 96.2 cm³/mol. The molecule has 0 spiro atoms. The van der Waals surface area contributed by atoms with Gasteiger partial charge in [0.2, 0.25) is 0 Å². The number of ether oxygens (including phenoxy) is 1. The van der Waals surface area contributed by atoms with E-state index in [2.05, 4.69) is 0 Å². The van der Waals surface area contributed by atoms with Crippen LogP contribution in [0.1, 0.15) is 29.8 Å². The van der Waals surface area contributed by atoms with Crippen LogP contribution in [0.3, 0.4) is 0 Å². The summed E-state index contributed by atoms with van der Waals surface area (Å²) in [4.78, 5) is 14.4. The van der Waals surface area contributed by atoms with Crippen LogP contribution in [-0.2, 0) is 6.54 Å². The lowest BCUT2D eigenvalue weighted by Crippen LogP contribution is -2.30. The quantitative estimate of drug-likeness (QED) is 0.800. The Morgan fingerprint density at radius 3 is 2.38 bits per heavy atom. The van der Waals surface area contributed by atoms with Crippen molar-refractivity contribution in [3.05, 3.63) is 57.6 Å². The second kappa shape index (κ2) is 8.27. The van der Waals surface area contributed by atoms with E-state index in [4.69, 9.17) is 27.9 Å². The molecule has 4 nitrogen and oxygen atoms in total. The van der Waals surface area contributed by atoms with Gasteiger partial charge in [0.1, 0.15) is 0 Å². The maximum atomic E-state index is 12.7. The fourth-order valence-corrected chi connectivity index (χ4v) is 2.86. The van der Waals surface area contributed by atoms with Gasteiger partial charge in [-0.15, -0.1) is 0 Å². The van der Waals surface area contributed by atoms with Gasteiger partial charge >= 0.3 is 0 Å². The molecule has 0 aliphatic rings. The highest BCUT2D eigenvalue weighted by Crippen LogP contribution is 2.28. The zero-order valence-electron chi connectivity index (χ0n) is 13.6. The number of carbonyl (C=O) groups excluding carboxylic acids is 1. The molecule has 0 aromatic heterocycles. The Hall–Kier alpha value is -1.91. The van der Waals surface area contributed by atoms with Crippen molar-refractivity contribution in [3.8, 4) is 11.5 Å². The maximum Gasteiger partial charge on any atom is 0.254 e. The van der Waals surface area contributed by atoms with Crippen molar-refractivity contribution in [2.45, 2.75) is 20.4 Å². The summed E-state index contributed by atoms with van der Waals surface area (Å²) in [6.07, 6.45) is 0. The van der Waals surface area contributed by atoms with Gasteiger partial charge < -0.3 is 14.7 Å². The third kappa shape index (κ3) is 4.56. The van der Waals surface area contributed by atoms with E-state index < -0.39 is 0 Å². The van der Waals surface area contributed by atoms with Crippen LogP contribution in [0.2, 0.25) is 10.0 Å². The molecule has 128 valence electrons. The van der Waals surface area contributed by atoms with E-state index >= 15 is 0 Å². The standard InChI is InChI=1S/C18H19Cl2NO3/c1-3-21(18(23)13-8-14(19)10-15(20)9-13)11-12-5-6-16(22)17(7-12)24-4-2/h5-10,22H,3-4,11H2,1-2H3. The lowest BCUT2D eigenvalue weighted by molar-refractivity contribution is 0.0752. The molecule has 0 heterocycles. The largest absolute Gasteiger partial charge is 0.504 e. The monoisotopic (exact) mass is 367 g/mol. The second-order valence-electron chi connectivity index (χ2n) is 5.21. The average molecular weight is 368 g/mol. The van der Waals surface area contributed by atoms with Gasteiger partial charge in [0.15, 0.2) is 11.5 Å². The molecular formula is C18H19Cl2NO3. The van der Waals surface area contributed by atoms with Gasteiger partial charge in [-0.05, 0) is 49.7 Å². The van der Waals surface area contributed by atoms with Crippen LogP contribution in [0.25, 0.3) is 0 Å². The zero-order valence-corrected chi connectivity index (χ0v) is 15.1. The van der Waals surface area contributed by atoms with E-state index in [9.17, 15) is 9.90 Å². The predicted octanol–water partition coefficient (Wildman–Crippen LogP) is 4.76. The molecule has 1 amide bonds. The Labute approximate surface area is 151 Å². The van der Waals surface area contributed by atoms with Gasteiger partial charge in [0.25, 0.3) is 5.91 Å². The Balaban J connectivity index is 2.22. The molecule has 2 aromatic rings. The molecule has 0 radical (unpaired) electrons. The summed E-state index contributed by atoms with van der Waals surface area (Å²) in [5.74, 6) is 0.328. The van der Waals surface area contributed by atoms with E-state index in [0.29, 0.717) is 41.1 Å². The van der Waals surface area contributed by atoms with Gasteiger partial charge in [0, 0.05) is 28.7 Å². The first-order chi connectivity index (χ1) is 11.4. The Morgan fingerprint density at radius 2 is 1.79 bits per heavy atom. The Kier molecular flexibility index (Phi) is 6.35. The first-order valence-electron chi connectivity index (χ1n) is 7.64. The number of rotatable bonds is 6. The summed E-state index contributed by atoms with van der Waals surface area (Å²) in [5, 5.41) is 10.6. The van der Waals surface area contributed by atoms with Crippen LogP contribution >= 0.6 is 23.2 Å². The Bertz CT molecular complexity index is 714. The number of halogens is 2. The van der Waals surface area contributed by atoms with Crippen molar-refractivity contribution in [1.82, 2.24) is 4.90 Å². The van der Waals surface area contributed by atoms with E-state index in [1.54, 1.807) is 41.3 Å². The van der Waals surface area contributed by atoms with E-state index in [1.807, 2.05) is 13.8 Å². The number of benzene rings is 2. The van der Waals surface area contributed by atoms with Crippen molar-refractivity contribution in [1.29, 1.82) is 0 Å². The summed E-state index contributed by atoms with van der Waals surface area (Å²) >= 11 is 12.0. The summed E-state index contributed by atoms with van der Waals surface area (Å²) in [7, 11) is 0. The molecule has 0 aliphatic heterocycles. The molecular weight excluding hydrogens is 349 g/mol. The minimum Gasteiger partial charge on any atom is -0.504 e. The van der Waals surface area contributed by atoms with Crippen LogP contribution in [0.5, 0.6) is 11.5 Å². The summed E-state index contributed by atoms with van der Waals surface area (Å²) in [6.45, 7) is 5.10. The minimum atomic E-state index is -0.159. The molecule has 0 bridgehead atoms. The number of aromatic hydroxyl groups is 1. The van der Waals surface area contributed by atoms with Crippen molar-refractivity contribution in [3.63, 3.8) is 0 Å². The summed E-state index contributed by atoms with van der Waals surface area (Å²) < 4.78 is 5.38. The Morgan fingerprint density at radius 1 is 1.12 bits per heavy atom. The van der Waals surface area contributed by atoms with Crippen LogP contribution in [0.4, 0.5) is 0 Å². The number of phenolic OH excluding ortho intramolecular Hbond substituents is 1. The highest BCUT2D eigenvalue weighted by molar-refractivity contribution is 6.35. The number of phenols is 1. The van der Waals surface area contributed by atoms with Crippen molar-refractivity contribution < 1.29 is 14.6 Å². The molecule has 6 heteroatoms. The molecule has 1 N–H and O–H groups in total. The molecule has 2 aromatic carbocycles. The maximum absolute atomic E-state index is 12.7. The van der Waals surface area contributed by atoms with E-state index in [1.165, 1.54) is 0 Å². The van der Waals surface area contributed by atoms with Crippen LogP contribution < -0.4 is 4.74 Å². The van der Waals surface area contributed by atoms with E-state index in [-0.39, 0.29) is 11.7 Å². The molecule has 0 saturated heterocycles. The molecule has 0 saturated carbocycles. The number of carbonyl (C=O) groups is 1. The summed E-state index contributed by atoms with van der Waals surface area (Å²) in [6, 6.07) is 9.85. The van der Waals surface area contributed by atoms with Gasteiger partial charge in [-0.3, -0.25) is 4.79 Å². The second-order valence-corrected chi connectivity index (χ2v) is 6.09. The van der Waals surface area contributed by atoms with Crippen LogP contribution in [0, 0.1) is 0 Å². The van der Waals surface area contributed by atoms with Crippen LogP contribution in [0.15, 0.2) is 36.4 Å². The molecule has 0 atom stereocenters. The average Bonchev–Trinajstić information content (AvgIpc) is 2.54. The SMILES string of the molecule is CCOc1cc(CN(CC)C(=O)c2cc(Cl)cc(Cl)c2)ccc1O. The normalized spacial score (nSPS) is 10.5. The lowest BCUT2D eigenvalue weighted by Gasteiger charge is -2.22. The van der Waals surface area contributed by atoms with Crippen molar-refractivity contribution in [2.24, 2.45) is 0 Å². The topological polar surface area (TPSA) is 49.8 Å². The number of amides is 1. The fraction of sp³-hybridized carbons (Fsp3) is 0.278. The molecule has 2 rings (SSSR count). The van der Waals surface area contributed by atoms with Crippen LogP contribution in [-0.4, -0.2) is 29.1 Å². The number of hydrogen-bond donors (Lipinski definition) is 1. The van der Waals surface area contributed by atoms with Gasteiger partial charge in [-0.25, -0.2) is 0 Å².